The zero-order chi connectivity index (χ0) is 18.3. The Kier molecular flexibility index (Phi) is 65.8. The van der Waals surface area contributed by atoms with Gasteiger partial charge in [-0.15, -0.1) is 62.0 Å². The second kappa shape index (κ2) is 44.0. The van der Waals surface area contributed by atoms with Crippen molar-refractivity contribution in [2.24, 2.45) is 0 Å². The quantitative estimate of drug-likeness (QED) is 0.134. The van der Waals surface area contributed by atoms with E-state index in [0.29, 0.717) is 0 Å². The number of nitrogens with one attached hydrogen (secondary N) is 5. The molecule has 0 heterocycles. The lowest BCUT2D eigenvalue weighted by Crippen LogP contribution is -2.22. The maximum absolute atomic E-state index is 3.56. The average Bonchev–Trinajstić information content (AvgIpc) is 2.63. The summed E-state index contributed by atoms with van der Waals surface area (Å²) in [6.45, 7) is 15.8. The molecule has 5 nitrogen and oxygen atoms in total. The van der Waals surface area contributed by atoms with Crippen LogP contribution in [0, 0.1) is 0 Å². The highest BCUT2D eigenvalue weighted by Crippen LogP contribution is 1.90. The van der Waals surface area contributed by atoms with Crippen molar-refractivity contribution in [3.63, 3.8) is 0 Å². The predicted octanol–water partition coefficient (Wildman–Crippen LogP) is 4.20. The SMILES string of the molecule is CCNCCCCNCCCCNCCCCNCCCCNCC.Cl.Cl.Cl.Cl.Cl. The van der Waals surface area contributed by atoms with Gasteiger partial charge in [-0.3, -0.25) is 0 Å². The molecule has 5 N–H and O–H groups in total. The van der Waals surface area contributed by atoms with Gasteiger partial charge in [-0.2, -0.15) is 0 Å². The van der Waals surface area contributed by atoms with Gasteiger partial charge < -0.3 is 26.6 Å². The van der Waals surface area contributed by atoms with Crippen LogP contribution in [0.25, 0.3) is 0 Å². The monoisotopic (exact) mass is 537 g/mol. The number of hydrogen-bond donors (Lipinski definition) is 5. The Labute approximate surface area is 218 Å². The molecule has 0 unspecified atom stereocenters. The van der Waals surface area contributed by atoms with Gasteiger partial charge in [0.1, 0.15) is 0 Å². The molecule has 0 atom stereocenters. The zero-order valence-electron chi connectivity index (χ0n) is 19.3. The van der Waals surface area contributed by atoms with E-state index < -0.39 is 0 Å². The van der Waals surface area contributed by atoms with E-state index in [1.165, 1.54) is 90.6 Å². The maximum Gasteiger partial charge on any atom is -0.00484 e. The van der Waals surface area contributed by atoms with Crippen molar-refractivity contribution in [2.75, 3.05) is 65.4 Å². The van der Waals surface area contributed by atoms with Gasteiger partial charge in [0.25, 0.3) is 0 Å². The molecule has 0 saturated heterocycles. The zero-order valence-corrected chi connectivity index (χ0v) is 23.4. The van der Waals surface area contributed by atoms with Crippen molar-refractivity contribution in [1.82, 2.24) is 26.6 Å². The number of rotatable bonds is 22. The minimum atomic E-state index is 0. The van der Waals surface area contributed by atoms with Crippen LogP contribution in [0.5, 0.6) is 0 Å². The van der Waals surface area contributed by atoms with E-state index in [-0.39, 0.29) is 62.0 Å². The van der Waals surface area contributed by atoms with Crippen LogP contribution in [0.4, 0.5) is 0 Å². The molecule has 0 aliphatic rings. The highest BCUT2D eigenvalue weighted by atomic mass is 35.5. The molecule has 30 heavy (non-hydrogen) atoms. The predicted molar refractivity (Wildman–Crippen MR) is 149 cm³/mol. The molecule has 0 saturated carbocycles. The van der Waals surface area contributed by atoms with Crippen molar-refractivity contribution in [2.45, 2.75) is 65.2 Å². The third-order valence-corrected chi connectivity index (χ3v) is 4.33. The van der Waals surface area contributed by atoms with E-state index >= 15 is 0 Å². The highest BCUT2D eigenvalue weighted by molar-refractivity contribution is 5.86. The van der Waals surface area contributed by atoms with Gasteiger partial charge in [0, 0.05) is 0 Å². The summed E-state index contributed by atoms with van der Waals surface area (Å²) in [5, 5.41) is 17.4. The summed E-state index contributed by atoms with van der Waals surface area (Å²) in [7, 11) is 0. The van der Waals surface area contributed by atoms with Crippen LogP contribution in [0.15, 0.2) is 0 Å². The Morgan fingerprint density at radius 2 is 0.467 bits per heavy atom. The molecule has 0 aromatic rings. The minimum absolute atomic E-state index is 0. The molecule has 0 bridgehead atoms. The van der Waals surface area contributed by atoms with Crippen LogP contribution >= 0.6 is 62.0 Å². The Balaban J connectivity index is -0.000000288. The largest absolute Gasteiger partial charge is 0.317 e. The summed E-state index contributed by atoms with van der Waals surface area (Å²) in [6, 6.07) is 0. The minimum Gasteiger partial charge on any atom is -0.317 e. The lowest BCUT2D eigenvalue weighted by molar-refractivity contribution is 0.537. The van der Waals surface area contributed by atoms with E-state index in [1.54, 1.807) is 0 Å². The molecule has 10 heteroatoms. The fraction of sp³-hybridized carbons (Fsp3) is 1.00. The van der Waals surface area contributed by atoms with Crippen molar-refractivity contribution in [3.05, 3.63) is 0 Å². The summed E-state index contributed by atoms with van der Waals surface area (Å²) in [5.74, 6) is 0. The maximum atomic E-state index is 3.56. The van der Waals surface area contributed by atoms with Crippen molar-refractivity contribution in [3.8, 4) is 0 Å². The third kappa shape index (κ3) is 43.2. The molecular formula is C20H52Cl5N5. The van der Waals surface area contributed by atoms with E-state index in [9.17, 15) is 0 Å². The summed E-state index contributed by atoms with van der Waals surface area (Å²) in [5.41, 5.74) is 0. The summed E-state index contributed by atoms with van der Waals surface area (Å²) in [6.07, 6.45) is 10.3. The topological polar surface area (TPSA) is 60.1 Å². The molecule has 0 aromatic carbocycles. The van der Waals surface area contributed by atoms with Crippen molar-refractivity contribution >= 4 is 62.0 Å². The van der Waals surface area contributed by atoms with Crippen LogP contribution in [0.3, 0.4) is 0 Å². The number of hydrogen-bond acceptors (Lipinski definition) is 5. The molecular weight excluding hydrogens is 488 g/mol. The first-order chi connectivity index (χ1) is 12.4. The van der Waals surface area contributed by atoms with E-state index in [4.69, 9.17) is 0 Å². The molecule has 0 spiro atoms. The second-order valence-corrected chi connectivity index (χ2v) is 6.79. The van der Waals surface area contributed by atoms with Crippen LogP contribution in [0.1, 0.15) is 65.2 Å². The van der Waals surface area contributed by atoms with Gasteiger partial charge in [0.05, 0.1) is 0 Å². The van der Waals surface area contributed by atoms with Gasteiger partial charge in [0.15, 0.2) is 0 Å². The molecule has 0 fully saturated rings. The molecule has 0 rings (SSSR count). The summed E-state index contributed by atoms with van der Waals surface area (Å²) in [4.78, 5) is 0. The van der Waals surface area contributed by atoms with E-state index in [0.717, 1.165) is 26.2 Å². The van der Waals surface area contributed by atoms with Gasteiger partial charge in [-0.25, -0.2) is 0 Å². The first kappa shape index (κ1) is 44.9. The lowest BCUT2D eigenvalue weighted by Gasteiger charge is -2.07. The van der Waals surface area contributed by atoms with Gasteiger partial charge in [-0.05, 0) is 117 Å². The van der Waals surface area contributed by atoms with Gasteiger partial charge in [-0.1, -0.05) is 13.8 Å². The Morgan fingerprint density at radius 1 is 0.300 bits per heavy atom. The lowest BCUT2D eigenvalue weighted by atomic mass is 10.2. The van der Waals surface area contributed by atoms with Crippen LogP contribution in [-0.4, -0.2) is 65.4 Å². The Bertz CT molecular complexity index is 224. The van der Waals surface area contributed by atoms with E-state index in [2.05, 4.69) is 40.4 Å². The summed E-state index contributed by atoms with van der Waals surface area (Å²) >= 11 is 0. The fourth-order valence-corrected chi connectivity index (χ4v) is 2.73. The smallest absolute Gasteiger partial charge is 0.00484 e. The Hall–Kier alpha value is 1.25. The fourth-order valence-electron chi connectivity index (χ4n) is 2.73. The molecule has 192 valence electrons. The van der Waals surface area contributed by atoms with E-state index in [1.807, 2.05) is 0 Å². The molecule has 0 amide bonds. The molecule has 0 aliphatic carbocycles. The first-order valence-electron chi connectivity index (χ1n) is 10.9. The van der Waals surface area contributed by atoms with Crippen LogP contribution < -0.4 is 26.6 Å². The molecule has 0 aromatic heterocycles. The molecule has 0 radical (unpaired) electrons. The normalized spacial score (nSPS) is 9.40. The van der Waals surface area contributed by atoms with Gasteiger partial charge >= 0.3 is 0 Å². The summed E-state index contributed by atoms with van der Waals surface area (Å²) < 4.78 is 0. The van der Waals surface area contributed by atoms with Crippen LogP contribution in [0.2, 0.25) is 0 Å². The molecule has 0 aliphatic heterocycles. The standard InChI is InChI=1S/C20H47N5.5ClH/c1-3-21-13-5-7-15-23-17-9-11-19-25-20-12-10-18-24-16-8-6-14-22-4-2;;;;;/h21-25H,3-20H2,1-2H3;5*1H. The number of halogens is 5. The van der Waals surface area contributed by atoms with Gasteiger partial charge in [0.2, 0.25) is 0 Å². The van der Waals surface area contributed by atoms with Crippen molar-refractivity contribution in [1.29, 1.82) is 0 Å². The third-order valence-electron chi connectivity index (χ3n) is 4.33. The number of unbranched alkanes of at least 4 members (excludes halogenated alkanes) is 4. The first-order valence-corrected chi connectivity index (χ1v) is 10.9. The van der Waals surface area contributed by atoms with Crippen molar-refractivity contribution < 1.29 is 0 Å². The second-order valence-electron chi connectivity index (χ2n) is 6.79. The highest BCUT2D eigenvalue weighted by Gasteiger charge is 1.93. The average molecular weight is 540 g/mol. The Morgan fingerprint density at radius 3 is 0.633 bits per heavy atom. The van der Waals surface area contributed by atoms with Crippen LogP contribution in [-0.2, 0) is 0 Å².